The predicted molar refractivity (Wildman–Crippen MR) is 70.9 cm³/mol. The SMILES string of the molecule is CCCn1cc(C(CN)NCCN(C)C)cn1. The Labute approximate surface area is 104 Å². The third-order valence-corrected chi connectivity index (χ3v) is 2.69. The van der Waals surface area contributed by atoms with Crippen LogP contribution in [0.25, 0.3) is 0 Å². The van der Waals surface area contributed by atoms with Crippen molar-refractivity contribution in [2.24, 2.45) is 5.73 Å². The number of nitrogens with zero attached hydrogens (tertiary/aromatic N) is 3. The van der Waals surface area contributed by atoms with E-state index >= 15 is 0 Å². The van der Waals surface area contributed by atoms with E-state index in [0.29, 0.717) is 6.54 Å². The molecule has 1 heterocycles. The maximum atomic E-state index is 5.79. The van der Waals surface area contributed by atoms with Gasteiger partial charge in [0.1, 0.15) is 0 Å². The molecule has 1 aromatic rings. The third-order valence-electron chi connectivity index (χ3n) is 2.69. The number of rotatable bonds is 8. The predicted octanol–water partition coefficient (Wildman–Crippen LogP) is 0.444. The normalized spacial score (nSPS) is 13.2. The Hall–Kier alpha value is -0.910. The molecule has 0 spiro atoms. The van der Waals surface area contributed by atoms with Gasteiger partial charge in [0.05, 0.1) is 6.20 Å². The Morgan fingerprint density at radius 2 is 2.29 bits per heavy atom. The Morgan fingerprint density at radius 3 is 2.88 bits per heavy atom. The first kappa shape index (κ1) is 14.2. The maximum absolute atomic E-state index is 5.79. The molecular weight excluding hydrogens is 214 g/mol. The van der Waals surface area contributed by atoms with E-state index in [-0.39, 0.29) is 6.04 Å². The molecule has 0 saturated heterocycles. The second-order valence-electron chi connectivity index (χ2n) is 4.58. The smallest absolute Gasteiger partial charge is 0.0538 e. The zero-order valence-electron chi connectivity index (χ0n) is 11.2. The average Bonchev–Trinajstić information content (AvgIpc) is 2.73. The number of hydrogen-bond acceptors (Lipinski definition) is 4. The van der Waals surface area contributed by atoms with Crippen LogP contribution >= 0.6 is 0 Å². The van der Waals surface area contributed by atoms with E-state index in [2.05, 4.69) is 42.5 Å². The first-order chi connectivity index (χ1) is 8.17. The number of aromatic nitrogens is 2. The van der Waals surface area contributed by atoms with Gasteiger partial charge < -0.3 is 16.0 Å². The first-order valence-electron chi connectivity index (χ1n) is 6.28. The van der Waals surface area contributed by atoms with E-state index in [1.165, 1.54) is 5.56 Å². The second kappa shape index (κ2) is 7.42. The highest BCUT2D eigenvalue weighted by Gasteiger charge is 2.10. The van der Waals surface area contributed by atoms with Crippen molar-refractivity contribution in [3.05, 3.63) is 18.0 Å². The molecular formula is C12H25N5. The molecule has 0 fully saturated rings. The van der Waals surface area contributed by atoms with E-state index in [0.717, 1.165) is 26.1 Å². The zero-order valence-corrected chi connectivity index (χ0v) is 11.2. The van der Waals surface area contributed by atoms with Crippen molar-refractivity contribution >= 4 is 0 Å². The highest BCUT2D eigenvalue weighted by molar-refractivity contribution is 5.10. The van der Waals surface area contributed by atoms with Gasteiger partial charge in [-0.2, -0.15) is 5.10 Å². The second-order valence-corrected chi connectivity index (χ2v) is 4.58. The molecule has 0 aromatic carbocycles. The van der Waals surface area contributed by atoms with Crippen LogP contribution in [0.3, 0.4) is 0 Å². The van der Waals surface area contributed by atoms with Crippen molar-refractivity contribution in [1.29, 1.82) is 0 Å². The molecule has 1 rings (SSSR count). The van der Waals surface area contributed by atoms with Gasteiger partial charge in [-0.25, -0.2) is 0 Å². The Morgan fingerprint density at radius 1 is 1.53 bits per heavy atom. The van der Waals surface area contributed by atoms with Gasteiger partial charge in [0, 0.05) is 44.0 Å². The molecule has 17 heavy (non-hydrogen) atoms. The Kier molecular flexibility index (Phi) is 6.18. The standard InChI is InChI=1S/C12H25N5/c1-4-6-17-10-11(9-15-17)12(8-13)14-5-7-16(2)3/h9-10,12,14H,4-8,13H2,1-3H3. The van der Waals surface area contributed by atoms with E-state index in [9.17, 15) is 0 Å². The number of aryl methyl sites for hydroxylation is 1. The highest BCUT2D eigenvalue weighted by atomic mass is 15.3. The quantitative estimate of drug-likeness (QED) is 0.691. The molecule has 1 aromatic heterocycles. The summed E-state index contributed by atoms with van der Waals surface area (Å²) in [6, 6.07) is 0.209. The fourth-order valence-corrected chi connectivity index (χ4v) is 1.71. The van der Waals surface area contributed by atoms with Crippen LogP contribution in [0, 0.1) is 0 Å². The van der Waals surface area contributed by atoms with Gasteiger partial charge in [0.15, 0.2) is 0 Å². The lowest BCUT2D eigenvalue weighted by Crippen LogP contribution is -2.33. The van der Waals surface area contributed by atoms with E-state index in [4.69, 9.17) is 5.73 Å². The van der Waals surface area contributed by atoms with Crippen LogP contribution in [0.2, 0.25) is 0 Å². The van der Waals surface area contributed by atoms with Gasteiger partial charge >= 0.3 is 0 Å². The fraction of sp³-hybridized carbons (Fsp3) is 0.750. The van der Waals surface area contributed by atoms with Crippen molar-refractivity contribution < 1.29 is 0 Å². The summed E-state index contributed by atoms with van der Waals surface area (Å²) in [6.07, 6.45) is 5.10. The largest absolute Gasteiger partial charge is 0.329 e. The molecule has 0 saturated carbocycles. The van der Waals surface area contributed by atoms with Crippen molar-refractivity contribution in [1.82, 2.24) is 20.0 Å². The maximum Gasteiger partial charge on any atom is 0.0538 e. The molecule has 0 bridgehead atoms. The summed E-state index contributed by atoms with van der Waals surface area (Å²) in [5.41, 5.74) is 6.97. The van der Waals surface area contributed by atoms with E-state index < -0.39 is 0 Å². The lowest BCUT2D eigenvalue weighted by molar-refractivity contribution is 0.385. The summed E-state index contributed by atoms with van der Waals surface area (Å²) in [4.78, 5) is 2.15. The molecule has 3 N–H and O–H groups in total. The lowest BCUT2D eigenvalue weighted by atomic mass is 10.1. The molecule has 5 heteroatoms. The van der Waals surface area contributed by atoms with E-state index in [1.807, 2.05) is 10.9 Å². The average molecular weight is 239 g/mol. The van der Waals surface area contributed by atoms with Crippen molar-refractivity contribution in [2.75, 3.05) is 33.7 Å². The van der Waals surface area contributed by atoms with Gasteiger partial charge in [-0.15, -0.1) is 0 Å². The Bertz CT molecular complexity index is 308. The minimum absolute atomic E-state index is 0.209. The van der Waals surface area contributed by atoms with Gasteiger partial charge in [-0.05, 0) is 20.5 Å². The van der Waals surface area contributed by atoms with Crippen molar-refractivity contribution in [3.63, 3.8) is 0 Å². The summed E-state index contributed by atoms with van der Waals surface area (Å²) >= 11 is 0. The third kappa shape index (κ3) is 4.85. The van der Waals surface area contributed by atoms with Crippen LogP contribution in [0.1, 0.15) is 24.9 Å². The van der Waals surface area contributed by atoms with Gasteiger partial charge in [0.25, 0.3) is 0 Å². The van der Waals surface area contributed by atoms with Crippen LogP contribution in [0.5, 0.6) is 0 Å². The highest BCUT2D eigenvalue weighted by Crippen LogP contribution is 2.10. The van der Waals surface area contributed by atoms with Crippen LogP contribution in [-0.2, 0) is 6.54 Å². The van der Waals surface area contributed by atoms with Crippen molar-refractivity contribution in [2.45, 2.75) is 25.9 Å². The first-order valence-corrected chi connectivity index (χ1v) is 6.28. The summed E-state index contributed by atoms with van der Waals surface area (Å²) in [6.45, 7) is 5.67. The zero-order chi connectivity index (χ0) is 12.7. The summed E-state index contributed by atoms with van der Waals surface area (Å²) in [7, 11) is 4.14. The molecule has 0 aliphatic rings. The molecule has 0 aliphatic carbocycles. The number of nitrogens with two attached hydrogens (primary N) is 1. The number of hydrogen-bond donors (Lipinski definition) is 2. The van der Waals surface area contributed by atoms with Gasteiger partial charge in [-0.3, -0.25) is 4.68 Å². The van der Waals surface area contributed by atoms with Crippen LogP contribution in [0.15, 0.2) is 12.4 Å². The van der Waals surface area contributed by atoms with Crippen LogP contribution in [0.4, 0.5) is 0 Å². The lowest BCUT2D eigenvalue weighted by Gasteiger charge is -2.17. The number of likely N-dealkylation sites (N-methyl/N-ethyl adjacent to an activating group) is 1. The molecule has 1 unspecified atom stereocenters. The monoisotopic (exact) mass is 239 g/mol. The molecule has 1 atom stereocenters. The van der Waals surface area contributed by atoms with Crippen LogP contribution < -0.4 is 11.1 Å². The minimum Gasteiger partial charge on any atom is -0.329 e. The number of nitrogens with one attached hydrogen (secondary N) is 1. The molecule has 0 radical (unpaired) electrons. The summed E-state index contributed by atoms with van der Waals surface area (Å²) < 4.78 is 1.98. The van der Waals surface area contributed by atoms with Gasteiger partial charge in [0.2, 0.25) is 0 Å². The summed E-state index contributed by atoms with van der Waals surface area (Å²) in [5, 5.41) is 7.78. The summed E-state index contributed by atoms with van der Waals surface area (Å²) in [5.74, 6) is 0. The van der Waals surface area contributed by atoms with Crippen LogP contribution in [-0.4, -0.2) is 48.4 Å². The Balaban J connectivity index is 2.47. The molecule has 5 nitrogen and oxygen atoms in total. The van der Waals surface area contributed by atoms with Gasteiger partial charge in [-0.1, -0.05) is 6.92 Å². The van der Waals surface area contributed by atoms with Crippen molar-refractivity contribution in [3.8, 4) is 0 Å². The fourth-order valence-electron chi connectivity index (χ4n) is 1.71. The molecule has 0 aliphatic heterocycles. The minimum atomic E-state index is 0.209. The molecule has 98 valence electrons. The van der Waals surface area contributed by atoms with E-state index in [1.54, 1.807) is 0 Å². The molecule has 0 amide bonds. The topological polar surface area (TPSA) is 59.1 Å².